The molecule has 1 saturated carbocycles. The molecule has 212 valence electrons. The van der Waals surface area contributed by atoms with Gasteiger partial charge in [-0.05, 0) is 93.6 Å². The van der Waals surface area contributed by atoms with Crippen molar-refractivity contribution in [2.75, 3.05) is 41.7 Å². The Morgan fingerprint density at radius 3 is 2.60 bits per heavy atom. The molecule has 3 aliphatic rings. The van der Waals surface area contributed by atoms with Gasteiger partial charge in [0.15, 0.2) is 5.82 Å². The van der Waals surface area contributed by atoms with Gasteiger partial charge in [-0.3, -0.25) is 14.7 Å². The molecule has 12 heteroatoms. The van der Waals surface area contributed by atoms with E-state index in [1.54, 1.807) is 12.4 Å². The van der Waals surface area contributed by atoms with Crippen molar-refractivity contribution >= 4 is 44.9 Å². The summed E-state index contributed by atoms with van der Waals surface area (Å²) in [5.74, 6) is 1.38. The molecule has 2 saturated heterocycles. The minimum Gasteiger partial charge on any atom is -0.355 e. The molecule has 5 heterocycles. The number of hydrogen-bond donors (Lipinski definition) is 2. The predicted octanol–water partition coefficient (Wildman–Crippen LogP) is 4.87. The maximum Gasteiger partial charge on any atom is 0.226 e. The molecule has 3 fully saturated rings. The normalized spacial score (nSPS) is 21.5. The first-order chi connectivity index (χ1) is 19.5. The molecule has 1 amide bonds. The number of anilines is 3. The molecule has 0 unspecified atom stereocenters. The lowest BCUT2D eigenvalue weighted by atomic mass is 9.65. The lowest BCUT2D eigenvalue weighted by Gasteiger charge is -2.46. The number of rotatable bonds is 8. The van der Waals surface area contributed by atoms with E-state index < -0.39 is 0 Å². The molecule has 3 aromatic rings. The van der Waals surface area contributed by atoms with Gasteiger partial charge in [-0.15, -0.1) is 15.3 Å². The molecule has 1 aliphatic carbocycles. The van der Waals surface area contributed by atoms with Gasteiger partial charge in [0, 0.05) is 44.5 Å². The van der Waals surface area contributed by atoms with Crippen molar-refractivity contribution in [1.82, 2.24) is 30.3 Å². The monoisotopic (exact) mass is 581 g/mol. The summed E-state index contributed by atoms with van der Waals surface area (Å²) in [6.07, 6.45) is 12.1. The molecular weight excluding hydrogens is 546 g/mol. The topological polar surface area (TPSA) is 112 Å². The van der Waals surface area contributed by atoms with Crippen LogP contribution in [0.3, 0.4) is 0 Å². The summed E-state index contributed by atoms with van der Waals surface area (Å²) >= 11 is 7.37. The minimum absolute atomic E-state index is 0.0450. The first-order valence-corrected chi connectivity index (χ1v) is 15.5. The summed E-state index contributed by atoms with van der Waals surface area (Å²) in [6.45, 7) is 4.87. The number of nitrogens with zero attached hydrogens (tertiary/aromatic N) is 7. The Bertz CT molecular complexity index is 1260. The highest BCUT2D eigenvalue weighted by Gasteiger charge is 2.38. The second kappa shape index (κ2) is 12.3. The Morgan fingerprint density at radius 2 is 1.85 bits per heavy atom. The average Bonchev–Trinajstić information content (AvgIpc) is 3.63. The number of halogens is 1. The number of nitrogens with one attached hydrogen (secondary N) is 2. The van der Waals surface area contributed by atoms with Crippen LogP contribution in [0.4, 0.5) is 16.1 Å². The van der Waals surface area contributed by atoms with Gasteiger partial charge in [-0.2, -0.15) is 5.10 Å². The summed E-state index contributed by atoms with van der Waals surface area (Å²) in [7, 11) is 0. The van der Waals surface area contributed by atoms with E-state index in [4.69, 9.17) is 11.6 Å². The highest BCUT2D eigenvalue weighted by Crippen LogP contribution is 2.47. The molecule has 0 radical (unpaired) electrons. The van der Waals surface area contributed by atoms with Crippen molar-refractivity contribution in [2.24, 2.45) is 11.3 Å². The molecular formula is C28H36ClN9OS. The third-order valence-electron chi connectivity index (χ3n) is 8.80. The van der Waals surface area contributed by atoms with Gasteiger partial charge < -0.3 is 15.5 Å². The lowest BCUT2D eigenvalue weighted by Crippen LogP contribution is -2.41. The maximum absolute atomic E-state index is 12.8. The van der Waals surface area contributed by atoms with Crippen LogP contribution in [0, 0.1) is 11.3 Å². The van der Waals surface area contributed by atoms with Gasteiger partial charge in [0.2, 0.25) is 16.2 Å². The molecule has 2 N–H and O–H groups in total. The highest BCUT2D eigenvalue weighted by molar-refractivity contribution is 7.19. The second-order valence-electron chi connectivity index (χ2n) is 11.5. The van der Waals surface area contributed by atoms with Gasteiger partial charge in [0.05, 0.1) is 10.7 Å². The van der Waals surface area contributed by atoms with Crippen LogP contribution in [-0.2, 0) is 11.3 Å². The zero-order valence-electron chi connectivity index (χ0n) is 22.6. The zero-order chi connectivity index (χ0) is 27.4. The summed E-state index contributed by atoms with van der Waals surface area (Å²) in [4.78, 5) is 22.0. The van der Waals surface area contributed by atoms with Crippen molar-refractivity contribution in [2.45, 2.75) is 64.0 Å². The van der Waals surface area contributed by atoms with E-state index in [9.17, 15) is 4.79 Å². The van der Waals surface area contributed by atoms with Gasteiger partial charge in [0.25, 0.3) is 0 Å². The number of hydrogen-bond acceptors (Lipinski definition) is 10. The quantitative estimate of drug-likeness (QED) is 0.385. The maximum atomic E-state index is 12.8. The summed E-state index contributed by atoms with van der Waals surface area (Å²) in [5.41, 5.74) is 1.52. The minimum atomic E-state index is 0.0450. The molecule has 0 aromatic carbocycles. The number of aromatic nitrogens is 5. The first-order valence-electron chi connectivity index (χ1n) is 14.3. The molecule has 3 aromatic heterocycles. The van der Waals surface area contributed by atoms with Crippen LogP contribution in [0.2, 0.25) is 5.02 Å². The van der Waals surface area contributed by atoms with Crippen LogP contribution >= 0.6 is 22.9 Å². The molecule has 6 rings (SSSR count). The van der Waals surface area contributed by atoms with Crippen molar-refractivity contribution in [3.8, 4) is 0 Å². The van der Waals surface area contributed by atoms with Gasteiger partial charge in [0.1, 0.15) is 0 Å². The number of carbonyl (C=O) groups is 1. The van der Waals surface area contributed by atoms with Gasteiger partial charge >= 0.3 is 0 Å². The zero-order valence-corrected chi connectivity index (χ0v) is 24.2. The summed E-state index contributed by atoms with van der Waals surface area (Å²) in [6, 6.07) is 8.08. The highest BCUT2D eigenvalue weighted by atomic mass is 35.5. The predicted molar refractivity (Wildman–Crippen MR) is 158 cm³/mol. The SMILES string of the molecule is O=C(CC1CCC2(CC1)CCN(Cc1ccc(Cl)cn1)CC2)Nc1nnc(N[C@@H]2CCN(c3cccnn3)C2)s1. The van der Waals surface area contributed by atoms with Crippen LogP contribution in [0.5, 0.6) is 0 Å². The van der Waals surface area contributed by atoms with E-state index in [2.05, 4.69) is 45.8 Å². The van der Waals surface area contributed by atoms with E-state index in [1.165, 1.54) is 37.0 Å². The molecule has 0 bridgehead atoms. The molecule has 1 spiro atoms. The fourth-order valence-corrected chi connectivity index (χ4v) is 7.24. The number of amides is 1. The van der Waals surface area contributed by atoms with Crippen LogP contribution in [0.1, 0.15) is 57.1 Å². The molecule has 2 aliphatic heterocycles. The first kappa shape index (κ1) is 27.3. The standard InChI is InChI=1S/C28H36ClN9OS/c29-21-3-4-22(30-17-21)18-37-14-10-28(11-15-37)8-5-20(6-9-28)16-25(39)33-27-36-35-26(40-27)32-23-7-13-38(19-23)24-2-1-12-31-34-24/h1-4,12,17,20,23H,5-11,13-16,18-19H2,(H,32,35)(H,33,36,39)/t23-/m1/s1. The van der Waals surface area contributed by atoms with Crippen molar-refractivity contribution in [1.29, 1.82) is 0 Å². The van der Waals surface area contributed by atoms with E-state index in [0.29, 0.717) is 27.9 Å². The summed E-state index contributed by atoms with van der Waals surface area (Å²) in [5, 5.41) is 25.1. The Hall–Kier alpha value is -2.89. The number of likely N-dealkylation sites (tertiary alicyclic amines) is 1. The Balaban J connectivity index is 0.905. The number of piperidine rings is 1. The number of pyridine rings is 1. The Morgan fingerprint density at radius 1 is 1.02 bits per heavy atom. The van der Waals surface area contributed by atoms with Crippen molar-refractivity contribution in [3.05, 3.63) is 47.4 Å². The van der Waals surface area contributed by atoms with Crippen LogP contribution in [-0.4, -0.2) is 68.4 Å². The lowest BCUT2D eigenvalue weighted by molar-refractivity contribution is -0.117. The van der Waals surface area contributed by atoms with E-state index in [-0.39, 0.29) is 11.9 Å². The third-order valence-corrected chi connectivity index (χ3v) is 9.79. The van der Waals surface area contributed by atoms with Gasteiger partial charge in [-0.25, -0.2) is 0 Å². The van der Waals surface area contributed by atoms with Crippen LogP contribution in [0.25, 0.3) is 0 Å². The largest absolute Gasteiger partial charge is 0.355 e. The fraction of sp³-hybridized carbons (Fsp3) is 0.571. The average molecular weight is 582 g/mol. The Kier molecular flexibility index (Phi) is 8.40. The molecule has 10 nitrogen and oxygen atoms in total. The molecule has 40 heavy (non-hydrogen) atoms. The second-order valence-corrected chi connectivity index (χ2v) is 12.9. The van der Waals surface area contributed by atoms with E-state index in [1.807, 2.05) is 24.3 Å². The van der Waals surface area contributed by atoms with Crippen molar-refractivity contribution in [3.63, 3.8) is 0 Å². The molecule has 1 atom stereocenters. The fourth-order valence-electron chi connectivity index (χ4n) is 6.40. The van der Waals surface area contributed by atoms with Gasteiger partial charge in [-0.1, -0.05) is 22.9 Å². The Labute approximate surface area is 243 Å². The summed E-state index contributed by atoms with van der Waals surface area (Å²) < 4.78 is 0. The van der Waals surface area contributed by atoms with Crippen LogP contribution < -0.4 is 15.5 Å². The van der Waals surface area contributed by atoms with Crippen LogP contribution in [0.15, 0.2) is 36.7 Å². The smallest absolute Gasteiger partial charge is 0.226 e. The third kappa shape index (κ3) is 6.87. The number of carbonyl (C=O) groups excluding carboxylic acids is 1. The van der Waals surface area contributed by atoms with Crippen molar-refractivity contribution < 1.29 is 4.79 Å². The van der Waals surface area contributed by atoms with E-state index >= 15 is 0 Å². The van der Waals surface area contributed by atoms with E-state index in [0.717, 1.165) is 68.6 Å².